The fourth-order valence-electron chi connectivity index (χ4n) is 2.57. The zero-order valence-electron chi connectivity index (χ0n) is 14.2. The van der Waals surface area contributed by atoms with E-state index < -0.39 is 0 Å². The standard InChI is InChI=1S/C20H16N4OS/c1-14-7-9-16(10-8-14)18(25)13-26-20-22-21-19-12-11-17(23-24(19)20)15-5-3-2-4-6-15/h2-12H,13H2,1H3. The van der Waals surface area contributed by atoms with Crippen molar-refractivity contribution >= 4 is 23.2 Å². The molecule has 2 heterocycles. The highest BCUT2D eigenvalue weighted by molar-refractivity contribution is 7.99. The smallest absolute Gasteiger partial charge is 0.212 e. The second-order valence-corrected chi connectivity index (χ2v) is 6.86. The molecule has 0 aliphatic carbocycles. The third-order valence-electron chi connectivity index (χ3n) is 4.01. The first-order chi connectivity index (χ1) is 12.7. The highest BCUT2D eigenvalue weighted by atomic mass is 32.2. The second kappa shape index (κ2) is 7.09. The molecule has 0 radical (unpaired) electrons. The summed E-state index contributed by atoms with van der Waals surface area (Å²) in [5.74, 6) is 0.354. The summed E-state index contributed by atoms with van der Waals surface area (Å²) in [6, 6.07) is 21.3. The van der Waals surface area contributed by atoms with Crippen LogP contribution in [-0.2, 0) is 0 Å². The van der Waals surface area contributed by atoms with Gasteiger partial charge < -0.3 is 0 Å². The molecule has 0 fully saturated rings. The van der Waals surface area contributed by atoms with Gasteiger partial charge in [-0.1, -0.05) is 71.9 Å². The number of hydrogen-bond donors (Lipinski definition) is 0. The quantitative estimate of drug-likeness (QED) is 0.396. The number of carbonyl (C=O) groups is 1. The van der Waals surface area contributed by atoms with E-state index in [2.05, 4.69) is 15.3 Å². The average molecular weight is 360 g/mol. The van der Waals surface area contributed by atoms with Crippen LogP contribution in [0.2, 0.25) is 0 Å². The lowest BCUT2D eigenvalue weighted by Crippen LogP contribution is -2.04. The summed E-state index contributed by atoms with van der Waals surface area (Å²) in [7, 11) is 0. The van der Waals surface area contributed by atoms with Gasteiger partial charge in [0.1, 0.15) is 0 Å². The van der Waals surface area contributed by atoms with E-state index >= 15 is 0 Å². The molecule has 0 aliphatic heterocycles. The van der Waals surface area contributed by atoms with Crippen LogP contribution in [-0.4, -0.2) is 31.3 Å². The van der Waals surface area contributed by atoms with Gasteiger partial charge in [0.15, 0.2) is 11.4 Å². The van der Waals surface area contributed by atoms with Crippen molar-refractivity contribution in [2.75, 3.05) is 5.75 Å². The van der Waals surface area contributed by atoms with E-state index in [-0.39, 0.29) is 5.78 Å². The Balaban J connectivity index is 1.57. The Morgan fingerprint density at radius 2 is 1.73 bits per heavy atom. The van der Waals surface area contributed by atoms with E-state index in [1.807, 2.05) is 73.7 Å². The Bertz CT molecular complexity index is 1060. The molecule has 128 valence electrons. The van der Waals surface area contributed by atoms with Gasteiger partial charge in [0.05, 0.1) is 11.4 Å². The van der Waals surface area contributed by atoms with Gasteiger partial charge >= 0.3 is 0 Å². The predicted molar refractivity (Wildman–Crippen MR) is 102 cm³/mol. The topological polar surface area (TPSA) is 60.2 Å². The lowest BCUT2D eigenvalue weighted by Gasteiger charge is -2.03. The van der Waals surface area contributed by atoms with Crippen LogP contribution in [0.25, 0.3) is 16.9 Å². The zero-order valence-corrected chi connectivity index (χ0v) is 15.0. The minimum absolute atomic E-state index is 0.0611. The van der Waals surface area contributed by atoms with Gasteiger partial charge in [0.2, 0.25) is 5.16 Å². The van der Waals surface area contributed by atoms with Crippen LogP contribution < -0.4 is 0 Å². The number of hydrogen-bond acceptors (Lipinski definition) is 5. The summed E-state index contributed by atoms with van der Waals surface area (Å²) in [6.07, 6.45) is 0. The summed E-state index contributed by atoms with van der Waals surface area (Å²) in [5.41, 5.74) is 4.36. The maximum atomic E-state index is 12.4. The molecular weight excluding hydrogens is 344 g/mol. The van der Waals surface area contributed by atoms with Crippen LogP contribution in [0.1, 0.15) is 15.9 Å². The van der Waals surface area contributed by atoms with Crippen LogP contribution in [0.5, 0.6) is 0 Å². The molecule has 0 saturated carbocycles. The summed E-state index contributed by atoms with van der Waals surface area (Å²) >= 11 is 1.34. The van der Waals surface area contributed by atoms with E-state index in [0.717, 1.165) is 16.8 Å². The van der Waals surface area contributed by atoms with Crippen LogP contribution >= 0.6 is 11.8 Å². The number of thioether (sulfide) groups is 1. The lowest BCUT2D eigenvalue weighted by atomic mass is 10.1. The monoisotopic (exact) mass is 360 g/mol. The first-order valence-electron chi connectivity index (χ1n) is 8.21. The summed E-state index contributed by atoms with van der Waals surface area (Å²) < 4.78 is 1.69. The third kappa shape index (κ3) is 3.36. The molecular formula is C20H16N4OS. The van der Waals surface area contributed by atoms with Crippen molar-refractivity contribution in [3.63, 3.8) is 0 Å². The van der Waals surface area contributed by atoms with Gasteiger partial charge in [0, 0.05) is 11.1 Å². The van der Waals surface area contributed by atoms with E-state index in [4.69, 9.17) is 0 Å². The number of rotatable bonds is 5. The van der Waals surface area contributed by atoms with E-state index in [1.165, 1.54) is 11.8 Å². The maximum Gasteiger partial charge on any atom is 0.212 e. The van der Waals surface area contributed by atoms with Crippen LogP contribution in [0, 0.1) is 6.92 Å². The lowest BCUT2D eigenvalue weighted by molar-refractivity contribution is 0.102. The van der Waals surface area contributed by atoms with Crippen molar-refractivity contribution in [1.82, 2.24) is 19.8 Å². The minimum atomic E-state index is 0.0611. The number of ketones is 1. The SMILES string of the molecule is Cc1ccc(C(=O)CSc2nnc3ccc(-c4ccccc4)nn23)cc1. The molecule has 0 spiro atoms. The fourth-order valence-corrected chi connectivity index (χ4v) is 3.36. The Labute approximate surface area is 155 Å². The Morgan fingerprint density at radius 1 is 0.962 bits per heavy atom. The highest BCUT2D eigenvalue weighted by Crippen LogP contribution is 2.21. The number of fused-ring (bicyclic) bond motifs is 1. The molecule has 0 saturated heterocycles. The van der Waals surface area contributed by atoms with Crippen molar-refractivity contribution in [1.29, 1.82) is 0 Å². The number of Topliss-reactive ketones (excluding diaryl/α,β-unsaturated/α-hetero) is 1. The summed E-state index contributed by atoms with van der Waals surface area (Å²) in [4.78, 5) is 12.4. The molecule has 0 bridgehead atoms. The number of carbonyl (C=O) groups excluding carboxylic acids is 1. The Morgan fingerprint density at radius 3 is 2.50 bits per heavy atom. The molecule has 2 aromatic carbocycles. The van der Waals surface area contributed by atoms with Gasteiger partial charge in [-0.05, 0) is 19.1 Å². The van der Waals surface area contributed by atoms with Crippen LogP contribution in [0.3, 0.4) is 0 Å². The van der Waals surface area contributed by atoms with Crippen LogP contribution in [0.15, 0.2) is 71.9 Å². The van der Waals surface area contributed by atoms with Crippen LogP contribution in [0.4, 0.5) is 0 Å². The molecule has 5 nitrogen and oxygen atoms in total. The normalized spacial score (nSPS) is 11.0. The molecule has 4 aromatic rings. The van der Waals surface area contributed by atoms with Gasteiger partial charge in [0.25, 0.3) is 0 Å². The molecule has 26 heavy (non-hydrogen) atoms. The number of benzene rings is 2. The molecule has 0 aliphatic rings. The van der Waals surface area contributed by atoms with Gasteiger partial charge in [-0.3, -0.25) is 4.79 Å². The molecule has 0 atom stereocenters. The maximum absolute atomic E-state index is 12.4. The van der Waals surface area contributed by atoms with E-state index in [9.17, 15) is 4.79 Å². The summed E-state index contributed by atoms with van der Waals surface area (Å²) in [6.45, 7) is 2.00. The van der Waals surface area contributed by atoms with Crippen molar-refractivity contribution in [2.45, 2.75) is 12.1 Å². The van der Waals surface area contributed by atoms with Crippen molar-refractivity contribution in [3.8, 4) is 11.3 Å². The predicted octanol–water partition coefficient (Wildman–Crippen LogP) is 4.07. The summed E-state index contributed by atoms with van der Waals surface area (Å²) in [5, 5.41) is 13.5. The molecule has 2 aromatic heterocycles. The van der Waals surface area contributed by atoms with Crippen molar-refractivity contribution in [3.05, 3.63) is 77.9 Å². The van der Waals surface area contributed by atoms with Gasteiger partial charge in [-0.15, -0.1) is 10.2 Å². The number of aromatic nitrogens is 4. The second-order valence-electron chi connectivity index (χ2n) is 5.92. The van der Waals surface area contributed by atoms with Gasteiger partial charge in [-0.2, -0.15) is 9.61 Å². The zero-order chi connectivity index (χ0) is 17.9. The largest absolute Gasteiger partial charge is 0.293 e. The van der Waals surface area contributed by atoms with Crippen molar-refractivity contribution < 1.29 is 4.79 Å². The van der Waals surface area contributed by atoms with E-state index in [1.54, 1.807) is 4.52 Å². The highest BCUT2D eigenvalue weighted by Gasteiger charge is 2.12. The molecule has 0 unspecified atom stereocenters. The fraction of sp³-hybridized carbons (Fsp3) is 0.100. The molecule has 0 N–H and O–H groups in total. The van der Waals surface area contributed by atoms with Gasteiger partial charge in [-0.25, -0.2) is 0 Å². The van der Waals surface area contributed by atoms with E-state index in [0.29, 0.717) is 22.1 Å². The number of aryl methyl sites for hydroxylation is 1. The molecule has 0 amide bonds. The van der Waals surface area contributed by atoms with Crippen molar-refractivity contribution in [2.24, 2.45) is 0 Å². The molecule has 6 heteroatoms. The number of nitrogens with zero attached hydrogens (tertiary/aromatic N) is 4. The Kier molecular flexibility index (Phi) is 4.50. The molecule has 4 rings (SSSR count). The third-order valence-corrected chi connectivity index (χ3v) is 4.93. The average Bonchev–Trinajstić information content (AvgIpc) is 3.09. The Hall–Kier alpha value is -2.99. The first kappa shape index (κ1) is 16.5. The first-order valence-corrected chi connectivity index (χ1v) is 9.20. The minimum Gasteiger partial charge on any atom is -0.293 e.